The van der Waals surface area contributed by atoms with Gasteiger partial charge >= 0.3 is 6.03 Å². The van der Waals surface area contributed by atoms with E-state index in [1.165, 1.54) is 6.07 Å². The molecule has 6 heteroatoms. The monoisotopic (exact) mass is 388 g/mol. The van der Waals surface area contributed by atoms with E-state index < -0.39 is 0 Å². The van der Waals surface area contributed by atoms with Crippen LogP contribution in [0.4, 0.5) is 14.9 Å². The Morgan fingerprint density at radius 1 is 1.03 bits per heavy atom. The number of amides is 2. The number of carbonyl (C=O) groups is 1. The van der Waals surface area contributed by atoms with Gasteiger partial charge in [-0.3, -0.25) is 0 Å². The summed E-state index contributed by atoms with van der Waals surface area (Å²) in [7, 11) is 0. The fourth-order valence-corrected chi connectivity index (χ4v) is 3.24. The summed E-state index contributed by atoms with van der Waals surface area (Å²) in [6.07, 6.45) is 0. The average molecular weight is 388 g/mol. The van der Waals surface area contributed by atoms with Crippen molar-refractivity contribution >= 4 is 22.8 Å². The normalized spacial score (nSPS) is 10.8. The Bertz CT molecular complexity index is 1150. The molecule has 0 radical (unpaired) electrons. The van der Waals surface area contributed by atoms with Crippen LogP contribution in [0, 0.1) is 12.7 Å². The number of rotatable bonds is 5. The van der Waals surface area contributed by atoms with Crippen molar-refractivity contribution in [3.8, 4) is 11.4 Å². The molecule has 0 aliphatic carbocycles. The molecule has 0 atom stereocenters. The molecule has 2 N–H and O–H groups in total. The fourth-order valence-electron chi connectivity index (χ4n) is 3.24. The number of aromatic nitrogens is 2. The smallest absolute Gasteiger partial charge is 0.319 e. The van der Waals surface area contributed by atoms with Crippen LogP contribution in [0.1, 0.15) is 5.56 Å². The maximum Gasteiger partial charge on any atom is 0.319 e. The molecule has 0 fully saturated rings. The van der Waals surface area contributed by atoms with Gasteiger partial charge in [0.25, 0.3) is 0 Å². The van der Waals surface area contributed by atoms with Crippen molar-refractivity contribution in [3.05, 3.63) is 84.2 Å². The van der Waals surface area contributed by atoms with E-state index >= 15 is 0 Å². The van der Waals surface area contributed by atoms with Crippen molar-refractivity contribution in [2.45, 2.75) is 13.5 Å². The molecule has 0 saturated heterocycles. The molecular weight excluding hydrogens is 367 g/mol. The minimum absolute atomic E-state index is 0.347. The Labute approximate surface area is 168 Å². The number of hydrogen-bond donors (Lipinski definition) is 2. The minimum atomic E-state index is -0.376. The fraction of sp³-hybridized carbons (Fsp3) is 0.130. The van der Waals surface area contributed by atoms with Gasteiger partial charge in [-0.2, -0.15) is 0 Å². The maximum absolute atomic E-state index is 13.6. The molecule has 0 spiro atoms. The first kappa shape index (κ1) is 18.7. The zero-order valence-electron chi connectivity index (χ0n) is 16.0. The van der Waals surface area contributed by atoms with Crippen LogP contribution in [0.2, 0.25) is 0 Å². The highest BCUT2D eigenvalue weighted by Gasteiger charge is 2.12. The molecule has 146 valence electrons. The molecule has 5 nitrogen and oxygen atoms in total. The minimum Gasteiger partial charge on any atom is -0.336 e. The topological polar surface area (TPSA) is 59.0 Å². The molecule has 1 aromatic heterocycles. The molecular formula is C23H21FN4O. The lowest BCUT2D eigenvalue weighted by atomic mass is 10.2. The van der Waals surface area contributed by atoms with Gasteiger partial charge in [-0.05, 0) is 36.8 Å². The highest BCUT2D eigenvalue weighted by atomic mass is 19.1. The summed E-state index contributed by atoms with van der Waals surface area (Å²) in [4.78, 5) is 16.9. The molecule has 3 aromatic carbocycles. The first-order chi connectivity index (χ1) is 14.1. The van der Waals surface area contributed by atoms with Crippen LogP contribution in [0.5, 0.6) is 0 Å². The number of hydrogen-bond acceptors (Lipinski definition) is 2. The van der Waals surface area contributed by atoms with E-state index in [9.17, 15) is 9.18 Å². The van der Waals surface area contributed by atoms with Gasteiger partial charge in [-0.25, -0.2) is 14.2 Å². The number of anilines is 1. The van der Waals surface area contributed by atoms with Crippen molar-refractivity contribution in [2.24, 2.45) is 0 Å². The zero-order valence-corrected chi connectivity index (χ0v) is 16.0. The summed E-state index contributed by atoms with van der Waals surface area (Å²) in [6, 6.07) is 22.1. The lowest BCUT2D eigenvalue weighted by Crippen LogP contribution is -2.31. The van der Waals surface area contributed by atoms with E-state index in [1.54, 1.807) is 19.1 Å². The standard InChI is InChI=1S/C23H21FN4O/c1-16-11-12-18(15-19(16)24)26-23(29)25-13-14-28-21-10-6-5-9-20(21)27-22(28)17-7-3-2-4-8-17/h2-12,15H,13-14H2,1H3,(H2,25,26,29). The third-order valence-electron chi connectivity index (χ3n) is 4.74. The number of urea groups is 1. The number of imidazole rings is 1. The SMILES string of the molecule is Cc1ccc(NC(=O)NCCn2c(-c3ccccc3)nc3ccccc32)cc1F. The van der Waals surface area contributed by atoms with Gasteiger partial charge in [0.1, 0.15) is 11.6 Å². The second kappa shape index (κ2) is 8.14. The number of para-hydroxylation sites is 2. The summed E-state index contributed by atoms with van der Waals surface area (Å²) >= 11 is 0. The van der Waals surface area contributed by atoms with Crippen molar-refractivity contribution in [1.82, 2.24) is 14.9 Å². The molecule has 2 amide bonds. The molecule has 0 aliphatic rings. The predicted octanol–water partition coefficient (Wildman–Crippen LogP) is 4.97. The van der Waals surface area contributed by atoms with Crippen molar-refractivity contribution in [3.63, 3.8) is 0 Å². The highest BCUT2D eigenvalue weighted by molar-refractivity contribution is 5.89. The molecule has 29 heavy (non-hydrogen) atoms. The summed E-state index contributed by atoms with van der Waals surface area (Å²) in [5.74, 6) is 0.509. The van der Waals surface area contributed by atoms with Gasteiger partial charge < -0.3 is 15.2 Å². The van der Waals surface area contributed by atoms with E-state index in [0.29, 0.717) is 24.3 Å². The van der Waals surface area contributed by atoms with Crippen LogP contribution in [0.3, 0.4) is 0 Å². The number of nitrogens with one attached hydrogen (secondary N) is 2. The van der Waals surface area contributed by atoms with Crippen molar-refractivity contribution in [2.75, 3.05) is 11.9 Å². The van der Waals surface area contributed by atoms with E-state index in [2.05, 4.69) is 15.2 Å². The van der Waals surface area contributed by atoms with E-state index in [0.717, 1.165) is 22.4 Å². The Kier molecular flexibility index (Phi) is 5.24. The Morgan fingerprint density at radius 2 is 1.79 bits per heavy atom. The molecule has 0 unspecified atom stereocenters. The molecule has 0 bridgehead atoms. The van der Waals surface area contributed by atoms with Gasteiger partial charge in [0.15, 0.2) is 0 Å². The zero-order chi connectivity index (χ0) is 20.2. The number of nitrogens with zero attached hydrogens (tertiary/aromatic N) is 2. The Balaban J connectivity index is 1.48. The van der Waals surface area contributed by atoms with Crippen LogP contribution < -0.4 is 10.6 Å². The molecule has 4 aromatic rings. The van der Waals surface area contributed by atoms with Crippen LogP contribution in [-0.2, 0) is 6.54 Å². The summed E-state index contributed by atoms with van der Waals surface area (Å²) in [5.41, 5.74) is 3.89. The van der Waals surface area contributed by atoms with Crippen LogP contribution in [0.25, 0.3) is 22.4 Å². The molecule has 1 heterocycles. The second-order valence-corrected chi connectivity index (χ2v) is 6.79. The first-order valence-corrected chi connectivity index (χ1v) is 9.43. The lowest BCUT2D eigenvalue weighted by molar-refractivity contribution is 0.251. The van der Waals surface area contributed by atoms with Crippen LogP contribution in [0.15, 0.2) is 72.8 Å². The Morgan fingerprint density at radius 3 is 2.59 bits per heavy atom. The number of halogens is 1. The third kappa shape index (κ3) is 4.11. The van der Waals surface area contributed by atoms with Crippen molar-refractivity contribution < 1.29 is 9.18 Å². The summed E-state index contributed by atoms with van der Waals surface area (Å²) in [6.45, 7) is 2.64. The number of carbonyl (C=O) groups excluding carboxylic acids is 1. The van der Waals surface area contributed by atoms with Gasteiger partial charge in [-0.1, -0.05) is 48.5 Å². The van der Waals surface area contributed by atoms with E-state index in [4.69, 9.17) is 4.98 Å². The van der Waals surface area contributed by atoms with Crippen LogP contribution in [-0.4, -0.2) is 22.1 Å². The summed E-state index contributed by atoms with van der Waals surface area (Å²) < 4.78 is 15.7. The number of fused-ring (bicyclic) bond motifs is 1. The molecule has 4 rings (SSSR count). The Hall–Kier alpha value is -3.67. The second-order valence-electron chi connectivity index (χ2n) is 6.79. The first-order valence-electron chi connectivity index (χ1n) is 9.43. The van der Waals surface area contributed by atoms with Crippen LogP contribution >= 0.6 is 0 Å². The third-order valence-corrected chi connectivity index (χ3v) is 4.74. The number of benzene rings is 3. The average Bonchev–Trinajstić information content (AvgIpc) is 3.10. The summed E-state index contributed by atoms with van der Waals surface area (Å²) in [5, 5.41) is 5.48. The largest absolute Gasteiger partial charge is 0.336 e. The van der Waals surface area contributed by atoms with Gasteiger partial charge in [-0.15, -0.1) is 0 Å². The van der Waals surface area contributed by atoms with Gasteiger partial charge in [0.2, 0.25) is 0 Å². The van der Waals surface area contributed by atoms with E-state index in [-0.39, 0.29) is 11.8 Å². The highest BCUT2D eigenvalue weighted by Crippen LogP contribution is 2.24. The van der Waals surface area contributed by atoms with Gasteiger partial charge in [0, 0.05) is 24.3 Å². The molecule has 0 saturated carbocycles. The van der Waals surface area contributed by atoms with E-state index in [1.807, 2.05) is 54.6 Å². The molecule has 0 aliphatic heterocycles. The maximum atomic E-state index is 13.6. The lowest BCUT2D eigenvalue weighted by Gasteiger charge is -2.11. The van der Waals surface area contributed by atoms with Crippen molar-refractivity contribution in [1.29, 1.82) is 0 Å². The van der Waals surface area contributed by atoms with Gasteiger partial charge in [0.05, 0.1) is 11.0 Å². The quantitative estimate of drug-likeness (QED) is 0.507. The number of aryl methyl sites for hydroxylation is 1. The predicted molar refractivity (Wildman–Crippen MR) is 113 cm³/mol.